The smallest absolute Gasteiger partial charge is 0.258 e. The molecule has 0 radical (unpaired) electrons. The fourth-order valence-corrected chi connectivity index (χ4v) is 0.837. The van der Waals surface area contributed by atoms with E-state index in [0.29, 0.717) is 5.56 Å². The molecule has 0 aliphatic rings. The van der Waals surface area contributed by atoms with Crippen molar-refractivity contribution in [3.05, 3.63) is 38.0 Å². The van der Waals surface area contributed by atoms with Crippen LogP contribution in [0.2, 0.25) is 5.15 Å². The van der Waals surface area contributed by atoms with Gasteiger partial charge in [-0.15, -0.1) is 0 Å². The largest absolute Gasteiger partial charge is 0.276 e. The van der Waals surface area contributed by atoms with Gasteiger partial charge >= 0.3 is 0 Å². The van der Waals surface area contributed by atoms with Crippen LogP contribution in [-0.4, -0.2) is 9.91 Å². The van der Waals surface area contributed by atoms with Crippen molar-refractivity contribution in [3.8, 4) is 0 Å². The van der Waals surface area contributed by atoms with Gasteiger partial charge in [0.1, 0.15) is 5.15 Å². The van der Waals surface area contributed by atoms with Crippen molar-refractivity contribution in [3.63, 3.8) is 0 Å². The highest BCUT2D eigenvalue weighted by Crippen LogP contribution is 2.19. The molecule has 6 nitrogen and oxygen atoms in total. The van der Waals surface area contributed by atoms with E-state index in [1.807, 2.05) is 0 Å². The third kappa shape index (κ3) is 3.12. The second-order valence-electron chi connectivity index (χ2n) is 2.05. The van der Waals surface area contributed by atoms with Gasteiger partial charge in [0.25, 0.3) is 5.69 Å². The van der Waals surface area contributed by atoms with Crippen molar-refractivity contribution in [1.82, 2.24) is 4.98 Å². The van der Waals surface area contributed by atoms with Gasteiger partial charge in [0.05, 0.1) is 11.0 Å². The van der Waals surface area contributed by atoms with E-state index in [1.54, 1.807) is 6.92 Å². The van der Waals surface area contributed by atoms with Gasteiger partial charge in [0.2, 0.25) is 0 Å². The van der Waals surface area contributed by atoms with Crippen molar-refractivity contribution >= 4 is 17.3 Å². The molecule has 1 heterocycles. The maximum atomic E-state index is 10.3. The zero-order chi connectivity index (χ0) is 10.4. The van der Waals surface area contributed by atoms with Crippen LogP contribution in [0.15, 0.2) is 12.3 Å². The van der Waals surface area contributed by atoms with Gasteiger partial charge < -0.3 is 0 Å². The third-order valence-electron chi connectivity index (χ3n) is 1.24. The summed E-state index contributed by atoms with van der Waals surface area (Å²) >= 11 is 5.45. The van der Waals surface area contributed by atoms with Gasteiger partial charge in [-0.1, -0.05) is 17.2 Å². The van der Waals surface area contributed by atoms with Crippen LogP contribution in [0.3, 0.4) is 0 Å². The molecule has 0 fully saturated rings. The van der Waals surface area contributed by atoms with E-state index in [1.165, 1.54) is 12.3 Å². The van der Waals surface area contributed by atoms with Crippen LogP contribution in [0.25, 0.3) is 0 Å². The second-order valence-corrected chi connectivity index (χ2v) is 2.44. The molecule has 1 aromatic rings. The molecule has 0 aromatic carbocycles. The molecule has 0 aliphatic heterocycles. The normalized spacial score (nSPS) is 8.46. The Kier molecular flexibility index (Phi) is 4.53. The van der Waals surface area contributed by atoms with Crippen molar-refractivity contribution in [2.75, 3.05) is 0 Å². The minimum atomic E-state index is -0.483. The van der Waals surface area contributed by atoms with Crippen molar-refractivity contribution in [2.24, 2.45) is 0 Å². The number of pyridine rings is 1. The highest BCUT2D eigenvalue weighted by Gasteiger charge is 2.10. The molecule has 0 spiro atoms. The van der Waals surface area contributed by atoms with Crippen LogP contribution in [-0.2, 0) is 0 Å². The molecule has 0 saturated heterocycles. The lowest BCUT2D eigenvalue weighted by Crippen LogP contribution is -1.92. The minimum absolute atomic E-state index is 0.00463. The average molecular weight is 204 g/mol. The summed E-state index contributed by atoms with van der Waals surface area (Å²) in [4.78, 5) is 21.0. The van der Waals surface area contributed by atoms with Gasteiger partial charge in [-0.25, -0.2) is 4.98 Å². The minimum Gasteiger partial charge on any atom is -0.258 e. The lowest BCUT2D eigenvalue weighted by molar-refractivity contribution is -0.385. The number of aryl methyl sites for hydroxylation is 1. The number of rotatable bonds is 1. The Morgan fingerprint density at radius 3 is 2.54 bits per heavy atom. The number of nitroso groups, excluding NO2 is 1. The van der Waals surface area contributed by atoms with Crippen molar-refractivity contribution in [1.29, 1.82) is 5.59 Å². The van der Waals surface area contributed by atoms with Gasteiger partial charge in [0.15, 0.2) is 0 Å². The Balaban J connectivity index is 0.000000671. The maximum absolute atomic E-state index is 10.3. The molecule has 0 bridgehead atoms. The number of nitro groups is 1. The van der Waals surface area contributed by atoms with Crippen LogP contribution in [0.1, 0.15) is 5.56 Å². The molecule has 0 saturated carbocycles. The first kappa shape index (κ1) is 11.4. The molecule has 70 valence electrons. The number of aromatic nitrogens is 1. The molecular formula is C6H6ClN3O3. The van der Waals surface area contributed by atoms with Gasteiger partial charge in [-0.3, -0.25) is 10.1 Å². The van der Waals surface area contributed by atoms with E-state index in [9.17, 15) is 10.1 Å². The Bertz CT molecular complexity index is 318. The molecule has 0 amide bonds. The van der Waals surface area contributed by atoms with E-state index in [-0.39, 0.29) is 10.8 Å². The summed E-state index contributed by atoms with van der Waals surface area (Å²) in [5.41, 5.74) is 5.02. The Hall–Kier alpha value is -1.56. The predicted octanol–water partition coefficient (Wildman–Crippen LogP) is 2.28. The molecule has 7 heteroatoms. The SMILES string of the molecule is Cc1cnc(Cl)cc1[N+](=O)[O-].N=O. The number of hydrogen-bond donors (Lipinski definition) is 1. The molecule has 0 atom stereocenters. The molecule has 1 N–H and O–H groups in total. The van der Waals surface area contributed by atoms with Crippen LogP contribution >= 0.6 is 11.6 Å². The van der Waals surface area contributed by atoms with Crippen LogP contribution in [0, 0.1) is 27.5 Å². The zero-order valence-electron chi connectivity index (χ0n) is 6.65. The summed E-state index contributed by atoms with van der Waals surface area (Å²) in [6.45, 7) is 1.61. The highest BCUT2D eigenvalue weighted by molar-refractivity contribution is 6.29. The van der Waals surface area contributed by atoms with Gasteiger partial charge in [-0.05, 0) is 6.92 Å². The molecule has 0 aliphatic carbocycles. The lowest BCUT2D eigenvalue weighted by Gasteiger charge is -1.94. The summed E-state index contributed by atoms with van der Waals surface area (Å²) < 4.78 is 0. The molecular weight excluding hydrogens is 198 g/mol. The zero-order valence-corrected chi connectivity index (χ0v) is 7.41. The molecule has 1 rings (SSSR count). The first-order valence-corrected chi connectivity index (χ1v) is 3.46. The number of halogens is 1. The number of hydrogen-bond acceptors (Lipinski definition) is 5. The second kappa shape index (κ2) is 5.15. The van der Waals surface area contributed by atoms with Gasteiger partial charge in [-0.2, -0.15) is 4.91 Å². The van der Waals surface area contributed by atoms with Crippen LogP contribution < -0.4 is 0 Å². The van der Waals surface area contributed by atoms with Crippen molar-refractivity contribution in [2.45, 2.75) is 6.92 Å². The van der Waals surface area contributed by atoms with E-state index in [4.69, 9.17) is 16.5 Å². The Labute approximate surface area is 78.5 Å². The van der Waals surface area contributed by atoms with Gasteiger partial charge in [0, 0.05) is 11.8 Å². The molecule has 0 unspecified atom stereocenters. The molecule has 13 heavy (non-hydrogen) atoms. The topological polar surface area (TPSA) is 96.9 Å². The molecule has 1 aromatic heterocycles. The predicted molar refractivity (Wildman–Crippen MR) is 46.7 cm³/mol. The summed E-state index contributed by atoms with van der Waals surface area (Å²) in [5, 5.41) is 10.4. The first-order chi connectivity index (χ1) is 6.11. The summed E-state index contributed by atoms with van der Waals surface area (Å²) in [6, 6.07) is 1.23. The Morgan fingerprint density at radius 2 is 2.15 bits per heavy atom. The fourth-order valence-electron chi connectivity index (χ4n) is 0.685. The first-order valence-electron chi connectivity index (χ1n) is 3.08. The monoisotopic (exact) mass is 203 g/mol. The quantitative estimate of drug-likeness (QED) is 0.328. The maximum Gasteiger partial charge on any atom is 0.276 e. The summed E-state index contributed by atoms with van der Waals surface area (Å²) in [7, 11) is 0. The fraction of sp³-hybridized carbons (Fsp3) is 0.167. The average Bonchev–Trinajstić information content (AvgIpc) is 2.12. The third-order valence-corrected chi connectivity index (χ3v) is 1.44. The van der Waals surface area contributed by atoms with E-state index in [2.05, 4.69) is 10.6 Å². The summed E-state index contributed by atoms with van der Waals surface area (Å²) in [5.74, 6) is 0. The number of nitrogens with zero attached hydrogens (tertiary/aromatic N) is 2. The lowest BCUT2D eigenvalue weighted by atomic mass is 10.3. The van der Waals surface area contributed by atoms with Crippen LogP contribution in [0.5, 0.6) is 0 Å². The number of nitrogens with one attached hydrogen (secondary N) is 1. The summed E-state index contributed by atoms with van der Waals surface area (Å²) in [6.07, 6.45) is 1.38. The van der Waals surface area contributed by atoms with Crippen LogP contribution in [0.4, 0.5) is 5.69 Å². The van der Waals surface area contributed by atoms with E-state index < -0.39 is 4.92 Å². The van der Waals surface area contributed by atoms with E-state index >= 15 is 0 Å². The standard InChI is InChI=1S/C6H5ClN2O2.HNO/c1-4-3-8-6(7)2-5(4)9(10)11;1-2/h2-3H,1H3;1H. The van der Waals surface area contributed by atoms with E-state index in [0.717, 1.165) is 0 Å². The highest BCUT2D eigenvalue weighted by atomic mass is 35.5. The Morgan fingerprint density at radius 1 is 1.62 bits per heavy atom. The van der Waals surface area contributed by atoms with Crippen molar-refractivity contribution < 1.29 is 4.92 Å².